The van der Waals surface area contributed by atoms with Gasteiger partial charge in [-0.1, -0.05) is 43.3 Å². The molecule has 32 heavy (non-hydrogen) atoms. The number of nitrogens with one attached hydrogen (secondary N) is 1. The second kappa shape index (κ2) is 9.42. The number of amides is 2. The number of fused-ring (bicyclic) bond motifs is 2. The van der Waals surface area contributed by atoms with Crippen molar-refractivity contribution < 1.29 is 28.7 Å². The average Bonchev–Trinajstić information content (AvgIpc) is 2.80. The summed E-state index contributed by atoms with van der Waals surface area (Å²) >= 11 is 0. The highest BCUT2D eigenvalue weighted by molar-refractivity contribution is 6.16. The highest BCUT2D eigenvalue weighted by Crippen LogP contribution is 2.27. The van der Waals surface area contributed by atoms with Crippen molar-refractivity contribution in [2.45, 2.75) is 13.0 Å². The second-order valence-corrected chi connectivity index (χ2v) is 7.26. The molecule has 1 aromatic heterocycles. The summed E-state index contributed by atoms with van der Waals surface area (Å²) in [6, 6.07) is 12.8. The van der Waals surface area contributed by atoms with E-state index in [1.807, 2.05) is 0 Å². The first-order valence-electron chi connectivity index (χ1n) is 9.83. The number of esters is 2. The minimum Gasteiger partial charge on any atom is -0.468 e. The third kappa shape index (κ3) is 4.22. The SMILES string of the molecule is COC(=O)C(C(=O)OC)[C@H](C)[C@@H](NC(=O)c1c2ccccc2nc2ccccc12)C(N)=O. The zero-order valence-corrected chi connectivity index (χ0v) is 17.8. The molecular weight excluding hydrogens is 414 g/mol. The molecule has 0 bridgehead atoms. The molecular formula is C23H23N3O6. The summed E-state index contributed by atoms with van der Waals surface area (Å²) in [5, 5.41) is 3.76. The topological polar surface area (TPSA) is 138 Å². The summed E-state index contributed by atoms with van der Waals surface area (Å²) in [6.07, 6.45) is 0. The zero-order valence-electron chi connectivity index (χ0n) is 17.8. The normalized spacial score (nSPS) is 12.9. The maximum Gasteiger partial charge on any atom is 0.320 e. The number of benzene rings is 2. The molecule has 3 N–H and O–H groups in total. The minimum absolute atomic E-state index is 0.303. The number of para-hydroxylation sites is 2. The summed E-state index contributed by atoms with van der Waals surface area (Å²) in [4.78, 5) is 54.6. The number of aromatic nitrogens is 1. The number of hydrogen-bond donors (Lipinski definition) is 2. The van der Waals surface area contributed by atoms with Crippen molar-refractivity contribution in [2.24, 2.45) is 17.6 Å². The van der Waals surface area contributed by atoms with Crippen LogP contribution in [0.5, 0.6) is 0 Å². The molecule has 0 saturated heterocycles. The van der Waals surface area contributed by atoms with Crippen LogP contribution in [0.4, 0.5) is 0 Å². The first-order chi connectivity index (χ1) is 15.3. The van der Waals surface area contributed by atoms with Gasteiger partial charge in [-0.25, -0.2) is 4.98 Å². The standard InChI is InChI=1S/C23H23N3O6/c1-12(17(22(29)31-2)23(30)32-3)19(20(24)27)26-21(28)18-13-8-4-6-10-15(13)25-16-11-7-5-9-14(16)18/h4-12,17,19H,1-3H3,(H2,24,27)(H,26,28)/t12-,19+/m0/s1. The first-order valence-corrected chi connectivity index (χ1v) is 9.83. The van der Waals surface area contributed by atoms with E-state index in [9.17, 15) is 19.2 Å². The highest BCUT2D eigenvalue weighted by Gasteiger charge is 2.41. The van der Waals surface area contributed by atoms with Crippen LogP contribution in [0.2, 0.25) is 0 Å². The van der Waals surface area contributed by atoms with Gasteiger partial charge < -0.3 is 20.5 Å². The summed E-state index contributed by atoms with van der Waals surface area (Å²) < 4.78 is 9.36. The first kappa shape index (κ1) is 22.7. The van der Waals surface area contributed by atoms with Gasteiger partial charge in [-0.15, -0.1) is 0 Å². The molecule has 0 unspecified atom stereocenters. The molecule has 166 valence electrons. The van der Waals surface area contributed by atoms with Gasteiger partial charge in [-0.05, 0) is 12.1 Å². The Balaban J connectivity index is 2.06. The summed E-state index contributed by atoms with van der Waals surface area (Å²) in [5.41, 5.74) is 7.04. The molecule has 0 saturated carbocycles. The molecule has 2 amide bonds. The van der Waals surface area contributed by atoms with Crippen LogP contribution < -0.4 is 11.1 Å². The van der Waals surface area contributed by atoms with Crippen LogP contribution >= 0.6 is 0 Å². The number of hydrogen-bond acceptors (Lipinski definition) is 7. The van der Waals surface area contributed by atoms with Gasteiger partial charge in [-0.2, -0.15) is 0 Å². The molecule has 2 atom stereocenters. The van der Waals surface area contributed by atoms with Crippen molar-refractivity contribution in [3.63, 3.8) is 0 Å². The number of pyridine rings is 1. The van der Waals surface area contributed by atoms with Crippen molar-refractivity contribution in [2.75, 3.05) is 14.2 Å². The largest absolute Gasteiger partial charge is 0.468 e. The Hall–Kier alpha value is -4.01. The van der Waals surface area contributed by atoms with E-state index in [2.05, 4.69) is 19.8 Å². The number of nitrogens with two attached hydrogens (primary N) is 1. The Kier molecular flexibility index (Phi) is 6.67. The quantitative estimate of drug-likeness (QED) is 0.325. The third-order valence-electron chi connectivity index (χ3n) is 5.37. The molecule has 9 heteroatoms. The molecule has 3 aromatic rings. The van der Waals surface area contributed by atoms with Gasteiger partial charge in [0.25, 0.3) is 5.91 Å². The van der Waals surface area contributed by atoms with E-state index in [0.717, 1.165) is 14.2 Å². The van der Waals surface area contributed by atoms with Crippen molar-refractivity contribution in [3.8, 4) is 0 Å². The Morgan fingerprint density at radius 1 is 0.875 bits per heavy atom. The van der Waals surface area contributed by atoms with E-state index in [4.69, 9.17) is 5.73 Å². The highest BCUT2D eigenvalue weighted by atomic mass is 16.5. The van der Waals surface area contributed by atoms with Gasteiger partial charge >= 0.3 is 11.9 Å². The molecule has 3 rings (SSSR count). The fourth-order valence-electron chi connectivity index (χ4n) is 3.73. The molecule has 0 spiro atoms. The number of carbonyl (C=O) groups excluding carboxylic acids is 4. The van der Waals surface area contributed by atoms with Crippen molar-refractivity contribution in [1.82, 2.24) is 10.3 Å². The van der Waals surface area contributed by atoms with Crippen LogP contribution in [0.25, 0.3) is 21.8 Å². The van der Waals surface area contributed by atoms with E-state index >= 15 is 0 Å². The predicted octanol–water partition coefficient (Wildman–Crippen LogP) is 1.57. The van der Waals surface area contributed by atoms with Crippen LogP contribution in [0.15, 0.2) is 48.5 Å². The van der Waals surface area contributed by atoms with Crippen LogP contribution in [-0.2, 0) is 23.9 Å². The molecule has 0 aliphatic carbocycles. The number of carbonyl (C=O) groups is 4. The zero-order chi connectivity index (χ0) is 23.4. The summed E-state index contributed by atoms with van der Waals surface area (Å²) in [6.45, 7) is 1.44. The fourth-order valence-corrected chi connectivity index (χ4v) is 3.73. The number of primary amides is 1. The third-order valence-corrected chi connectivity index (χ3v) is 5.37. The van der Waals surface area contributed by atoms with Crippen molar-refractivity contribution in [1.29, 1.82) is 0 Å². The van der Waals surface area contributed by atoms with Gasteiger partial charge in [0, 0.05) is 16.7 Å². The van der Waals surface area contributed by atoms with Gasteiger partial charge in [0.1, 0.15) is 6.04 Å². The van der Waals surface area contributed by atoms with E-state index in [1.165, 1.54) is 6.92 Å². The predicted molar refractivity (Wildman–Crippen MR) is 116 cm³/mol. The van der Waals surface area contributed by atoms with Crippen LogP contribution in [0.3, 0.4) is 0 Å². The van der Waals surface area contributed by atoms with Crippen LogP contribution in [-0.4, -0.2) is 49.0 Å². The van der Waals surface area contributed by atoms with E-state index < -0.39 is 41.6 Å². The van der Waals surface area contributed by atoms with Gasteiger partial charge in [0.15, 0.2) is 5.92 Å². The van der Waals surface area contributed by atoms with E-state index in [1.54, 1.807) is 48.5 Å². The second-order valence-electron chi connectivity index (χ2n) is 7.26. The van der Waals surface area contributed by atoms with Gasteiger partial charge in [-0.3, -0.25) is 19.2 Å². The maximum absolute atomic E-state index is 13.4. The van der Waals surface area contributed by atoms with Gasteiger partial charge in [0.2, 0.25) is 5.91 Å². The van der Waals surface area contributed by atoms with Crippen molar-refractivity contribution in [3.05, 3.63) is 54.1 Å². The van der Waals surface area contributed by atoms with Gasteiger partial charge in [0.05, 0.1) is 30.8 Å². The molecule has 0 aliphatic heterocycles. The van der Waals surface area contributed by atoms with E-state index in [-0.39, 0.29) is 0 Å². The lowest BCUT2D eigenvalue weighted by Crippen LogP contribution is -2.53. The minimum atomic E-state index is -1.45. The lowest BCUT2D eigenvalue weighted by Gasteiger charge is -2.27. The lowest BCUT2D eigenvalue weighted by atomic mass is 9.86. The molecule has 1 heterocycles. The average molecular weight is 437 g/mol. The monoisotopic (exact) mass is 437 g/mol. The molecule has 0 aliphatic rings. The Morgan fingerprint density at radius 2 is 1.34 bits per heavy atom. The smallest absolute Gasteiger partial charge is 0.320 e. The fraction of sp³-hybridized carbons (Fsp3) is 0.261. The maximum atomic E-state index is 13.4. The Labute approximate surface area is 183 Å². The van der Waals surface area contributed by atoms with Crippen LogP contribution in [0.1, 0.15) is 17.3 Å². The molecule has 0 fully saturated rings. The summed E-state index contributed by atoms with van der Waals surface area (Å²) in [7, 11) is 2.22. The Morgan fingerprint density at radius 3 is 1.78 bits per heavy atom. The number of rotatable bonds is 7. The number of nitrogens with zero attached hydrogens (tertiary/aromatic N) is 1. The number of methoxy groups -OCH3 is 2. The summed E-state index contributed by atoms with van der Waals surface area (Å²) in [5.74, 6) is -5.78. The Bertz CT molecular complexity index is 1140. The molecule has 2 aromatic carbocycles. The van der Waals surface area contributed by atoms with E-state index in [0.29, 0.717) is 27.4 Å². The number of ether oxygens (including phenoxy) is 2. The lowest BCUT2D eigenvalue weighted by molar-refractivity contribution is -0.161. The van der Waals surface area contributed by atoms with Crippen LogP contribution in [0, 0.1) is 11.8 Å². The molecule has 0 radical (unpaired) electrons. The van der Waals surface area contributed by atoms with Crippen molar-refractivity contribution >= 4 is 45.6 Å². The molecule has 9 nitrogen and oxygen atoms in total.